The Balaban J connectivity index is 1.33. The second kappa shape index (κ2) is 6.62. The van der Waals surface area contributed by atoms with Crippen LogP contribution in [0.5, 0.6) is 5.75 Å². The van der Waals surface area contributed by atoms with E-state index in [1.165, 1.54) is 0 Å². The van der Waals surface area contributed by atoms with Crippen molar-refractivity contribution >= 4 is 5.91 Å². The molecule has 3 aromatic rings. The van der Waals surface area contributed by atoms with Gasteiger partial charge in [-0.05, 0) is 26.0 Å². The average molecular weight is 353 g/mol. The van der Waals surface area contributed by atoms with E-state index in [0.717, 1.165) is 11.4 Å². The summed E-state index contributed by atoms with van der Waals surface area (Å²) in [6, 6.07) is 9.70. The number of aromatic nitrogens is 4. The van der Waals surface area contributed by atoms with E-state index in [9.17, 15) is 4.79 Å². The molecule has 2 aromatic heterocycles. The van der Waals surface area contributed by atoms with E-state index in [-0.39, 0.29) is 11.9 Å². The Labute approximate surface area is 150 Å². The van der Waals surface area contributed by atoms with Gasteiger partial charge in [0.25, 0.3) is 5.91 Å². The molecule has 26 heavy (non-hydrogen) atoms. The Hall–Kier alpha value is -3.16. The molecule has 3 heterocycles. The highest BCUT2D eigenvalue weighted by Gasteiger charge is 2.35. The quantitative estimate of drug-likeness (QED) is 0.699. The largest absolute Gasteiger partial charge is 0.487 e. The van der Waals surface area contributed by atoms with Gasteiger partial charge in [0.15, 0.2) is 0 Å². The van der Waals surface area contributed by atoms with Crippen LogP contribution in [0, 0.1) is 13.8 Å². The summed E-state index contributed by atoms with van der Waals surface area (Å²) in [5.74, 6) is 1.30. The number of carbonyl (C=O) groups excluding carboxylic acids is 1. The lowest BCUT2D eigenvalue weighted by atomic mass is 10.1. The van der Waals surface area contributed by atoms with Gasteiger partial charge >= 0.3 is 0 Å². The minimum absolute atomic E-state index is 0.0507. The molecule has 0 aliphatic carbocycles. The van der Waals surface area contributed by atoms with Crippen molar-refractivity contribution in [1.29, 1.82) is 0 Å². The van der Waals surface area contributed by atoms with Gasteiger partial charge in [-0.25, -0.2) is 4.68 Å². The smallest absolute Gasteiger partial charge is 0.259 e. The fourth-order valence-corrected chi connectivity index (χ4v) is 2.97. The fraction of sp³-hybridized carbons (Fsp3) is 0.333. The van der Waals surface area contributed by atoms with Crippen LogP contribution in [0.2, 0.25) is 0 Å². The number of likely N-dealkylation sites (tertiary alicyclic amines) is 1. The van der Waals surface area contributed by atoms with Crippen LogP contribution in [-0.4, -0.2) is 44.0 Å². The molecular formula is C18H19N5O3. The zero-order chi connectivity index (χ0) is 18.1. The van der Waals surface area contributed by atoms with Gasteiger partial charge in [-0.15, -0.1) is 5.10 Å². The van der Waals surface area contributed by atoms with Gasteiger partial charge in [0.05, 0.1) is 17.9 Å². The molecule has 1 aliphatic rings. The third-order valence-electron chi connectivity index (χ3n) is 4.46. The maximum atomic E-state index is 12.5. The van der Waals surface area contributed by atoms with E-state index in [1.807, 2.05) is 36.5 Å². The third-order valence-corrected chi connectivity index (χ3v) is 4.46. The molecule has 0 unspecified atom stereocenters. The summed E-state index contributed by atoms with van der Waals surface area (Å²) in [5, 5.41) is 12.1. The minimum Gasteiger partial charge on any atom is -0.487 e. The van der Waals surface area contributed by atoms with Crippen molar-refractivity contribution in [2.75, 3.05) is 13.1 Å². The number of hydrogen-bond donors (Lipinski definition) is 0. The van der Waals surface area contributed by atoms with Crippen molar-refractivity contribution in [2.45, 2.75) is 26.5 Å². The summed E-state index contributed by atoms with van der Waals surface area (Å²) in [6.45, 7) is 5.06. The van der Waals surface area contributed by atoms with E-state index in [1.54, 1.807) is 23.4 Å². The van der Waals surface area contributed by atoms with Crippen molar-refractivity contribution in [3.63, 3.8) is 0 Å². The highest BCUT2D eigenvalue weighted by Crippen LogP contribution is 2.25. The topological polar surface area (TPSA) is 86.3 Å². The lowest BCUT2D eigenvalue weighted by Gasteiger charge is -2.38. The molecular weight excluding hydrogens is 334 g/mol. The zero-order valence-corrected chi connectivity index (χ0v) is 14.6. The van der Waals surface area contributed by atoms with Gasteiger partial charge in [0.1, 0.15) is 29.4 Å². The Bertz CT molecular complexity index is 893. The van der Waals surface area contributed by atoms with Crippen LogP contribution in [0.15, 0.2) is 41.1 Å². The van der Waals surface area contributed by atoms with Gasteiger partial charge in [-0.2, -0.15) is 0 Å². The van der Waals surface area contributed by atoms with Gasteiger partial charge in [0.2, 0.25) is 0 Å². The van der Waals surface area contributed by atoms with Crippen LogP contribution in [0.4, 0.5) is 0 Å². The molecule has 0 spiro atoms. The van der Waals surface area contributed by atoms with Crippen molar-refractivity contribution in [1.82, 2.24) is 25.1 Å². The number of benzene rings is 1. The summed E-state index contributed by atoms with van der Waals surface area (Å²) >= 11 is 0. The van der Waals surface area contributed by atoms with E-state index in [0.29, 0.717) is 36.7 Å². The minimum atomic E-state index is -0.0507. The van der Waals surface area contributed by atoms with Crippen LogP contribution < -0.4 is 4.74 Å². The van der Waals surface area contributed by atoms with E-state index in [2.05, 4.69) is 15.5 Å². The molecule has 0 radical (unpaired) electrons. The molecule has 1 saturated heterocycles. The highest BCUT2D eigenvalue weighted by atomic mass is 16.5. The predicted octanol–water partition coefficient (Wildman–Crippen LogP) is 2.16. The van der Waals surface area contributed by atoms with E-state index >= 15 is 0 Å². The molecule has 0 N–H and O–H groups in total. The van der Waals surface area contributed by atoms with Crippen molar-refractivity contribution < 1.29 is 14.1 Å². The summed E-state index contributed by atoms with van der Waals surface area (Å²) in [7, 11) is 0. The third kappa shape index (κ3) is 3.05. The second-order valence-corrected chi connectivity index (χ2v) is 6.35. The average Bonchev–Trinajstić information content (AvgIpc) is 3.19. The first kappa shape index (κ1) is 16.3. The lowest BCUT2D eigenvalue weighted by Crippen LogP contribution is -2.51. The second-order valence-electron chi connectivity index (χ2n) is 6.35. The predicted molar refractivity (Wildman–Crippen MR) is 91.7 cm³/mol. The molecule has 8 nitrogen and oxygen atoms in total. The zero-order valence-electron chi connectivity index (χ0n) is 14.6. The first-order valence-corrected chi connectivity index (χ1v) is 8.42. The number of aryl methyl sites for hydroxylation is 2. The number of ether oxygens (including phenoxy) is 1. The standard InChI is InChI=1S/C18H19N5O3/c1-12-17(13(2)26-20-12)18(24)22-9-15(10-22)23-8-14(19-21-23)11-25-16-6-4-3-5-7-16/h3-8,15H,9-11H2,1-2H3. The Morgan fingerprint density at radius 1 is 1.27 bits per heavy atom. The number of para-hydroxylation sites is 1. The Morgan fingerprint density at radius 2 is 2.04 bits per heavy atom. The van der Waals surface area contributed by atoms with Gasteiger partial charge in [-0.1, -0.05) is 28.6 Å². The maximum Gasteiger partial charge on any atom is 0.259 e. The first-order chi connectivity index (χ1) is 12.6. The number of carbonyl (C=O) groups is 1. The maximum absolute atomic E-state index is 12.5. The summed E-state index contributed by atoms with van der Waals surface area (Å²) in [5.41, 5.74) is 1.93. The molecule has 0 atom stereocenters. The SMILES string of the molecule is Cc1noc(C)c1C(=O)N1CC(n2cc(COc3ccccc3)nn2)C1. The first-order valence-electron chi connectivity index (χ1n) is 8.42. The van der Waals surface area contributed by atoms with Gasteiger partial charge in [-0.3, -0.25) is 4.79 Å². The Morgan fingerprint density at radius 3 is 2.73 bits per heavy atom. The van der Waals surface area contributed by atoms with E-state index < -0.39 is 0 Å². The van der Waals surface area contributed by atoms with Crippen LogP contribution in [0.25, 0.3) is 0 Å². The number of amides is 1. The van der Waals surface area contributed by atoms with Crippen LogP contribution in [-0.2, 0) is 6.61 Å². The Kier molecular flexibility index (Phi) is 4.16. The van der Waals surface area contributed by atoms with Gasteiger partial charge < -0.3 is 14.2 Å². The van der Waals surface area contributed by atoms with Crippen LogP contribution >= 0.6 is 0 Å². The molecule has 8 heteroatoms. The fourth-order valence-electron chi connectivity index (χ4n) is 2.97. The molecule has 1 amide bonds. The molecule has 0 bridgehead atoms. The molecule has 1 fully saturated rings. The molecule has 1 aromatic carbocycles. The summed E-state index contributed by atoms with van der Waals surface area (Å²) in [4.78, 5) is 14.3. The highest BCUT2D eigenvalue weighted by molar-refractivity contribution is 5.96. The molecule has 4 rings (SSSR count). The number of rotatable bonds is 5. The molecule has 1 aliphatic heterocycles. The summed E-state index contributed by atoms with van der Waals surface area (Å²) in [6.07, 6.45) is 1.87. The normalized spacial score (nSPS) is 14.3. The van der Waals surface area contributed by atoms with Crippen LogP contribution in [0.3, 0.4) is 0 Å². The molecule has 134 valence electrons. The van der Waals surface area contributed by atoms with Crippen LogP contribution in [0.1, 0.15) is 33.5 Å². The monoisotopic (exact) mass is 353 g/mol. The van der Waals surface area contributed by atoms with Gasteiger partial charge in [0, 0.05) is 13.1 Å². The van der Waals surface area contributed by atoms with Crippen molar-refractivity contribution in [2.24, 2.45) is 0 Å². The molecule has 0 saturated carbocycles. The lowest BCUT2D eigenvalue weighted by molar-refractivity contribution is 0.0496. The number of nitrogens with zero attached hydrogens (tertiary/aromatic N) is 5. The van der Waals surface area contributed by atoms with Crippen molar-refractivity contribution in [3.05, 3.63) is 59.2 Å². The summed E-state index contributed by atoms with van der Waals surface area (Å²) < 4.78 is 12.5. The number of hydrogen-bond acceptors (Lipinski definition) is 6. The van der Waals surface area contributed by atoms with Crippen molar-refractivity contribution in [3.8, 4) is 5.75 Å². The van der Waals surface area contributed by atoms with E-state index in [4.69, 9.17) is 9.26 Å².